The molecular weight excluding hydrogens is 255 g/mol. The molecule has 0 bridgehead atoms. The van der Waals surface area contributed by atoms with E-state index in [-0.39, 0.29) is 5.91 Å². The van der Waals surface area contributed by atoms with Gasteiger partial charge in [-0.25, -0.2) is 0 Å². The van der Waals surface area contributed by atoms with Gasteiger partial charge in [0.05, 0.1) is 6.54 Å². The van der Waals surface area contributed by atoms with E-state index in [1.54, 1.807) is 0 Å². The second-order valence-electron chi connectivity index (χ2n) is 5.28. The van der Waals surface area contributed by atoms with Gasteiger partial charge in [0.2, 0.25) is 5.91 Å². The quantitative estimate of drug-likeness (QED) is 0.810. The van der Waals surface area contributed by atoms with Crippen molar-refractivity contribution in [2.24, 2.45) is 0 Å². The van der Waals surface area contributed by atoms with Crippen molar-refractivity contribution in [3.63, 3.8) is 0 Å². The third-order valence-corrected chi connectivity index (χ3v) is 3.51. The molecule has 0 saturated heterocycles. The number of carbonyl (C=O) groups excluding carboxylic acids is 1. The summed E-state index contributed by atoms with van der Waals surface area (Å²) in [6, 6.07) is 6.03. The van der Waals surface area contributed by atoms with E-state index in [0.29, 0.717) is 6.54 Å². The minimum absolute atomic E-state index is 0.0612. The molecule has 0 saturated carbocycles. The van der Waals surface area contributed by atoms with Gasteiger partial charge in [0, 0.05) is 5.69 Å². The molecule has 0 heterocycles. The molecule has 0 radical (unpaired) electrons. The fourth-order valence-corrected chi connectivity index (χ4v) is 1.84. The van der Waals surface area contributed by atoms with Crippen LogP contribution in [0.1, 0.15) is 38.3 Å². The van der Waals surface area contributed by atoms with Gasteiger partial charge in [-0.2, -0.15) is 0 Å². The standard InChI is InChI=1S/C14H22N2O.C3H7.Li/c1-5-16(6-2)10-13(17)15-14-11(3)8-7-9-12(14)4;1-3-2;/h7-9H,5-6,10H2,1-4H3,(H,15,17);1,3H2,2H3;. The van der Waals surface area contributed by atoms with Crippen molar-refractivity contribution >= 4 is 29.3 Å². The van der Waals surface area contributed by atoms with Crippen molar-refractivity contribution in [3.8, 4) is 0 Å². The zero-order valence-corrected chi connectivity index (χ0v) is 14.6. The number of amides is 1. The van der Waals surface area contributed by atoms with E-state index in [2.05, 4.69) is 48.7 Å². The van der Waals surface area contributed by atoms with E-state index in [4.69, 9.17) is 0 Å². The molecule has 0 atom stereocenters. The summed E-state index contributed by atoms with van der Waals surface area (Å²) in [5.41, 5.74) is 3.17. The summed E-state index contributed by atoms with van der Waals surface area (Å²) >= 11 is 2.18. The molecule has 1 rings (SSSR count). The first-order chi connectivity index (χ1) is 9.99. The Morgan fingerprint density at radius 1 is 1.14 bits per heavy atom. The molecule has 0 aliphatic rings. The topological polar surface area (TPSA) is 32.3 Å². The molecule has 21 heavy (non-hydrogen) atoms. The molecule has 1 aromatic rings. The number of hydrogen-bond donors (Lipinski definition) is 1. The van der Waals surface area contributed by atoms with Crippen LogP contribution in [0.3, 0.4) is 0 Å². The number of carbonyl (C=O) groups is 1. The maximum atomic E-state index is 11.9. The summed E-state index contributed by atoms with van der Waals surface area (Å²) in [6.07, 6.45) is 1.32. The number of likely N-dealkylation sites (N-methyl/N-ethyl adjacent to an activating group) is 1. The Balaban J connectivity index is 0.000000885. The van der Waals surface area contributed by atoms with E-state index in [0.717, 1.165) is 29.9 Å². The molecule has 1 aromatic carbocycles. The number of nitrogens with zero attached hydrogens (tertiary/aromatic N) is 1. The number of hydrogen-bond acceptors (Lipinski definition) is 2. The molecule has 0 fully saturated rings. The van der Waals surface area contributed by atoms with Crippen LogP contribution in [0.15, 0.2) is 18.2 Å². The van der Waals surface area contributed by atoms with Gasteiger partial charge in [-0.15, -0.1) is 0 Å². The molecule has 114 valence electrons. The summed E-state index contributed by atoms with van der Waals surface area (Å²) in [5.74, 6) is 0.0612. The summed E-state index contributed by atoms with van der Waals surface area (Å²) in [7, 11) is 0. The first-order valence-corrected chi connectivity index (χ1v) is 8.08. The van der Waals surface area contributed by atoms with Crippen molar-refractivity contribution in [3.05, 3.63) is 29.3 Å². The Kier molecular flexibility index (Phi) is 11.4. The first kappa shape index (κ1) is 20.2. The van der Waals surface area contributed by atoms with Crippen LogP contribution in [0.4, 0.5) is 5.69 Å². The monoisotopic (exact) mass is 284 g/mol. The molecular formula is C17H29LiN2O. The molecule has 3 nitrogen and oxygen atoms in total. The third-order valence-electron chi connectivity index (χ3n) is 3.51. The predicted octanol–water partition coefficient (Wildman–Crippen LogP) is 3.57. The zero-order chi connectivity index (χ0) is 16.3. The number of rotatable bonds is 6. The normalized spacial score (nSPS) is 10.1. The van der Waals surface area contributed by atoms with Gasteiger partial charge in [0.15, 0.2) is 0 Å². The van der Waals surface area contributed by atoms with E-state index in [1.165, 1.54) is 11.5 Å². The fraction of sp³-hybridized carbons (Fsp3) is 0.588. The molecule has 0 aromatic heterocycles. The van der Waals surface area contributed by atoms with E-state index in [1.807, 2.05) is 32.0 Å². The van der Waals surface area contributed by atoms with E-state index in [9.17, 15) is 4.79 Å². The minimum atomic E-state index is 0.0612. The second kappa shape index (κ2) is 11.9. The number of anilines is 1. The van der Waals surface area contributed by atoms with Gasteiger partial charge in [-0.3, -0.25) is 9.69 Å². The summed E-state index contributed by atoms with van der Waals surface area (Å²) in [4.78, 5) is 14.0. The Bertz CT molecular complexity index is 395. The SMILES string of the molecule is CCN(CC)CC(=O)Nc1c(C)cccc1C.[Li][CH2]CC. The Morgan fingerprint density at radius 3 is 2.00 bits per heavy atom. The summed E-state index contributed by atoms with van der Waals surface area (Å²) < 4.78 is 0. The fourth-order valence-electron chi connectivity index (χ4n) is 1.84. The van der Waals surface area contributed by atoms with Gasteiger partial charge in [0.1, 0.15) is 0 Å². The van der Waals surface area contributed by atoms with E-state index < -0.39 is 0 Å². The van der Waals surface area contributed by atoms with Gasteiger partial charge < -0.3 is 5.32 Å². The second-order valence-corrected chi connectivity index (χ2v) is 5.28. The number of nitrogens with one attached hydrogen (secondary N) is 1. The Morgan fingerprint density at radius 2 is 1.62 bits per heavy atom. The van der Waals surface area contributed by atoms with Gasteiger partial charge in [0.25, 0.3) is 0 Å². The van der Waals surface area contributed by atoms with Crippen LogP contribution in [-0.4, -0.2) is 48.2 Å². The molecule has 0 spiro atoms. The number of para-hydroxylation sites is 1. The van der Waals surface area contributed by atoms with Crippen molar-refractivity contribution in [2.75, 3.05) is 25.0 Å². The average Bonchev–Trinajstić information content (AvgIpc) is 2.49. The number of aryl methyl sites for hydroxylation is 2. The van der Waals surface area contributed by atoms with Crippen LogP contribution < -0.4 is 5.32 Å². The maximum absolute atomic E-state index is 11.9. The molecule has 1 N–H and O–H groups in total. The molecule has 0 unspecified atom stereocenters. The average molecular weight is 284 g/mol. The summed E-state index contributed by atoms with van der Waals surface area (Å²) in [5, 5.41) is 4.32. The van der Waals surface area contributed by atoms with Crippen LogP contribution in [-0.2, 0) is 4.79 Å². The molecule has 4 heteroatoms. The molecule has 1 amide bonds. The molecule has 0 aliphatic carbocycles. The van der Waals surface area contributed by atoms with Crippen LogP contribution in [0.2, 0.25) is 5.09 Å². The summed E-state index contributed by atoms with van der Waals surface area (Å²) in [6.45, 7) is 12.6. The predicted molar refractivity (Wildman–Crippen MR) is 93.2 cm³/mol. The first-order valence-electron chi connectivity index (χ1n) is 8.08. The zero-order valence-electron chi connectivity index (χ0n) is 14.6. The van der Waals surface area contributed by atoms with Gasteiger partial charge in [-0.1, -0.05) is 32.0 Å². The van der Waals surface area contributed by atoms with Crippen LogP contribution in [0, 0.1) is 13.8 Å². The van der Waals surface area contributed by atoms with Gasteiger partial charge >= 0.3 is 36.2 Å². The van der Waals surface area contributed by atoms with Crippen molar-refractivity contribution in [2.45, 2.75) is 46.1 Å². The van der Waals surface area contributed by atoms with Crippen molar-refractivity contribution in [1.82, 2.24) is 4.90 Å². The van der Waals surface area contributed by atoms with Crippen LogP contribution in [0.25, 0.3) is 0 Å². The van der Waals surface area contributed by atoms with E-state index >= 15 is 0 Å². The van der Waals surface area contributed by atoms with Crippen LogP contribution >= 0.6 is 0 Å². The third kappa shape index (κ3) is 8.31. The van der Waals surface area contributed by atoms with Crippen molar-refractivity contribution < 1.29 is 4.79 Å². The van der Waals surface area contributed by atoms with Gasteiger partial charge in [-0.05, 0) is 38.1 Å². The Hall–Kier alpha value is -0.753. The number of benzene rings is 1. The van der Waals surface area contributed by atoms with Crippen LogP contribution in [0.5, 0.6) is 0 Å². The van der Waals surface area contributed by atoms with Crippen molar-refractivity contribution in [1.29, 1.82) is 0 Å². The molecule has 0 aliphatic heterocycles. The Labute approximate surface area is 139 Å².